The second-order valence-corrected chi connectivity index (χ2v) is 5.42. The molecule has 0 N–H and O–H groups in total. The van der Waals surface area contributed by atoms with Crippen LogP contribution in [0, 0.1) is 6.92 Å². The van der Waals surface area contributed by atoms with Crippen molar-refractivity contribution in [3.63, 3.8) is 0 Å². The summed E-state index contributed by atoms with van der Waals surface area (Å²) in [5, 5.41) is 0. The Morgan fingerprint density at radius 2 is 1.63 bits per heavy atom. The average Bonchev–Trinajstić information content (AvgIpc) is 2.83. The molecule has 3 heteroatoms. The molecule has 0 saturated carbocycles. The van der Waals surface area contributed by atoms with Crippen LogP contribution in [0.4, 0.5) is 0 Å². The zero-order chi connectivity index (χ0) is 13.2. The van der Waals surface area contributed by atoms with Gasteiger partial charge in [-0.15, -0.1) is 0 Å². The van der Waals surface area contributed by atoms with Crippen LogP contribution in [-0.2, 0) is 0 Å². The highest BCUT2D eigenvalue weighted by Crippen LogP contribution is 2.24. The van der Waals surface area contributed by atoms with E-state index in [0.29, 0.717) is 0 Å². The van der Waals surface area contributed by atoms with Gasteiger partial charge < -0.3 is 0 Å². The van der Waals surface area contributed by atoms with Crippen molar-refractivity contribution in [3.8, 4) is 16.1 Å². The minimum atomic E-state index is 0.0202. The number of para-hydroxylation sites is 1. The SMILES string of the molecule is Cc1ccc(-c2cc(=O)n(-c3ccccc3)s2)cc1. The van der Waals surface area contributed by atoms with Gasteiger partial charge in [0.15, 0.2) is 0 Å². The van der Waals surface area contributed by atoms with Gasteiger partial charge in [0, 0.05) is 6.07 Å². The maximum Gasteiger partial charge on any atom is 0.265 e. The smallest absolute Gasteiger partial charge is 0.265 e. The van der Waals surface area contributed by atoms with E-state index in [9.17, 15) is 4.79 Å². The fourth-order valence-corrected chi connectivity index (χ4v) is 2.90. The first-order valence-electron chi connectivity index (χ1n) is 6.10. The normalized spacial score (nSPS) is 10.6. The maximum absolute atomic E-state index is 12.1. The van der Waals surface area contributed by atoms with E-state index < -0.39 is 0 Å². The Kier molecular flexibility index (Phi) is 3.05. The number of aryl methyl sites for hydroxylation is 1. The second kappa shape index (κ2) is 4.86. The largest absolute Gasteiger partial charge is 0.268 e. The summed E-state index contributed by atoms with van der Waals surface area (Å²) >= 11 is 1.48. The summed E-state index contributed by atoms with van der Waals surface area (Å²) in [4.78, 5) is 13.0. The van der Waals surface area contributed by atoms with Crippen molar-refractivity contribution in [3.05, 3.63) is 76.6 Å². The fraction of sp³-hybridized carbons (Fsp3) is 0.0625. The summed E-state index contributed by atoms with van der Waals surface area (Å²) in [7, 11) is 0. The lowest BCUT2D eigenvalue weighted by atomic mass is 10.1. The number of hydrogen-bond donors (Lipinski definition) is 0. The Balaban J connectivity index is 2.07. The molecule has 0 aliphatic heterocycles. The predicted molar refractivity (Wildman–Crippen MR) is 80.1 cm³/mol. The van der Waals surface area contributed by atoms with E-state index in [-0.39, 0.29) is 5.56 Å². The summed E-state index contributed by atoms with van der Waals surface area (Å²) in [5.41, 5.74) is 3.24. The fourth-order valence-electron chi connectivity index (χ4n) is 1.94. The molecular weight excluding hydrogens is 254 g/mol. The summed E-state index contributed by atoms with van der Waals surface area (Å²) in [6, 6.07) is 19.6. The number of nitrogens with zero attached hydrogens (tertiary/aromatic N) is 1. The summed E-state index contributed by atoms with van der Waals surface area (Å²) < 4.78 is 1.72. The molecule has 0 radical (unpaired) electrons. The lowest BCUT2D eigenvalue weighted by Crippen LogP contribution is -2.08. The lowest BCUT2D eigenvalue weighted by Gasteiger charge is -1.99. The van der Waals surface area contributed by atoms with Gasteiger partial charge in [0.25, 0.3) is 5.56 Å². The van der Waals surface area contributed by atoms with Crippen LogP contribution >= 0.6 is 11.5 Å². The van der Waals surface area contributed by atoms with Crippen molar-refractivity contribution < 1.29 is 0 Å². The molecule has 1 heterocycles. The molecule has 0 aliphatic carbocycles. The molecule has 19 heavy (non-hydrogen) atoms. The predicted octanol–water partition coefficient (Wildman–Crippen LogP) is 3.87. The van der Waals surface area contributed by atoms with Crippen LogP contribution in [0.3, 0.4) is 0 Å². The Hall–Kier alpha value is -2.13. The Bertz CT molecular complexity index is 738. The van der Waals surface area contributed by atoms with Crippen LogP contribution in [0.1, 0.15) is 5.56 Å². The number of rotatable bonds is 2. The Labute approximate surface area is 115 Å². The molecule has 3 rings (SSSR count). The molecule has 1 aromatic heterocycles. The van der Waals surface area contributed by atoms with Gasteiger partial charge >= 0.3 is 0 Å². The molecule has 0 saturated heterocycles. The van der Waals surface area contributed by atoms with Gasteiger partial charge in [0.05, 0.1) is 10.6 Å². The molecule has 0 fully saturated rings. The summed E-state index contributed by atoms with van der Waals surface area (Å²) in [6.07, 6.45) is 0. The third-order valence-electron chi connectivity index (χ3n) is 2.97. The van der Waals surface area contributed by atoms with Crippen molar-refractivity contribution in [2.24, 2.45) is 0 Å². The standard InChI is InChI=1S/C16H13NOS/c1-12-7-9-13(10-8-12)15-11-16(18)17(19-15)14-5-3-2-4-6-14/h2-11H,1H3. The molecule has 2 aromatic carbocycles. The first-order valence-corrected chi connectivity index (χ1v) is 6.87. The van der Waals surface area contributed by atoms with E-state index in [1.54, 1.807) is 10.0 Å². The molecule has 0 unspecified atom stereocenters. The van der Waals surface area contributed by atoms with Crippen LogP contribution in [0.25, 0.3) is 16.1 Å². The minimum absolute atomic E-state index is 0.0202. The summed E-state index contributed by atoms with van der Waals surface area (Å²) in [5.74, 6) is 0. The molecule has 3 aromatic rings. The molecule has 0 bridgehead atoms. The molecule has 2 nitrogen and oxygen atoms in total. The van der Waals surface area contributed by atoms with E-state index in [2.05, 4.69) is 31.2 Å². The van der Waals surface area contributed by atoms with E-state index in [4.69, 9.17) is 0 Å². The van der Waals surface area contributed by atoms with E-state index in [1.807, 2.05) is 30.3 Å². The quantitative estimate of drug-likeness (QED) is 0.690. The third kappa shape index (κ3) is 2.37. The van der Waals surface area contributed by atoms with Crippen LogP contribution in [-0.4, -0.2) is 3.96 Å². The number of benzene rings is 2. The van der Waals surface area contributed by atoms with Gasteiger partial charge in [-0.1, -0.05) is 59.6 Å². The van der Waals surface area contributed by atoms with Gasteiger partial charge in [0.2, 0.25) is 0 Å². The van der Waals surface area contributed by atoms with Gasteiger partial charge in [0.1, 0.15) is 0 Å². The highest BCUT2D eigenvalue weighted by molar-refractivity contribution is 7.10. The topological polar surface area (TPSA) is 22.0 Å². The van der Waals surface area contributed by atoms with E-state index in [1.165, 1.54) is 17.1 Å². The Morgan fingerprint density at radius 3 is 2.32 bits per heavy atom. The molecular formula is C16H13NOS. The van der Waals surface area contributed by atoms with Crippen LogP contribution in [0.2, 0.25) is 0 Å². The van der Waals surface area contributed by atoms with Gasteiger partial charge in [-0.3, -0.25) is 4.79 Å². The highest BCUT2D eigenvalue weighted by atomic mass is 32.1. The third-order valence-corrected chi connectivity index (χ3v) is 4.09. The average molecular weight is 267 g/mol. The number of hydrogen-bond acceptors (Lipinski definition) is 2. The zero-order valence-electron chi connectivity index (χ0n) is 10.5. The van der Waals surface area contributed by atoms with Gasteiger partial charge in [-0.2, -0.15) is 0 Å². The van der Waals surface area contributed by atoms with Crippen molar-refractivity contribution in [1.29, 1.82) is 0 Å². The van der Waals surface area contributed by atoms with E-state index >= 15 is 0 Å². The van der Waals surface area contributed by atoms with Crippen molar-refractivity contribution in [2.45, 2.75) is 6.92 Å². The highest BCUT2D eigenvalue weighted by Gasteiger charge is 2.07. The summed E-state index contributed by atoms with van der Waals surface area (Å²) in [6.45, 7) is 2.06. The lowest BCUT2D eigenvalue weighted by molar-refractivity contribution is 1.13. The van der Waals surface area contributed by atoms with Gasteiger partial charge in [-0.05, 0) is 24.6 Å². The molecule has 0 aliphatic rings. The van der Waals surface area contributed by atoms with Crippen molar-refractivity contribution >= 4 is 11.5 Å². The van der Waals surface area contributed by atoms with Crippen LogP contribution in [0.15, 0.2) is 65.5 Å². The van der Waals surface area contributed by atoms with Crippen LogP contribution < -0.4 is 5.56 Å². The second-order valence-electron chi connectivity index (χ2n) is 4.43. The van der Waals surface area contributed by atoms with Crippen molar-refractivity contribution in [1.82, 2.24) is 3.96 Å². The monoisotopic (exact) mass is 267 g/mol. The minimum Gasteiger partial charge on any atom is -0.268 e. The molecule has 94 valence electrons. The molecule has 0 spiro atoms. The zero-order valence-corrected chi connectivity index (χ0v) is 11.4. The van der Waals surface area contributed by atoms with Crippen LogP contribution in [0.5, 0.6) is 0 Å². The maximum atomic E-state index is 12.1. The first-order chi connectivity index (χ1) is 9.24. The molecule has 0 amide bonds. The Morgan fingerprint density at radius 1 is 0.947 bits per heavy atom. The number of aromatic nitrogens is 1. The van der Waals surface area contributed by atoms with Crippen molar-refractivity contribution in [2.75, 3.05) is 0 Å². The first kappa shape index (κ1) is 11.9. The van der Waals surface area contributed by atoms with Gasteiger partial charge in [-0.25, -0.2) is 3.96 Å². The molecule has 0 atom stereocenters. The van der Waals surface area contributed by atoms with E-state index in [0.717, 1.165) is 16.1 Å².